The fourth-order valence-corrected chi connectivity index (χ4v) is 5.81. The fraction of sp³-hybridized carbons (Fsp3) is 0.219. The lowest BCUT2D eigenvalue weighted by Gasteiger charge is -2.27. The number of nitrogens with two attached hydrogens (primary N) is 1. The first kappa shape index (κ1) is 28.9. The van der Waals surface area contributed by atoms with Gasteiger partial charge in [0.1, 0.15) is 16.5 Å². The van der Waals surface area contributed by atoms with Gasteiger partial charge in [0, 0.05) is 30.6 Å². The van der Waals surface area contributed by atoms with Crippen LogP contribution in [0.15, 0.2) is 101 Å². The van der Waals surface area contributed by atoms with E-state index in [9.17, 15) is 17.6 Å². The van der Waals surface area contributed by atoms with Crippen molar-refractivity contribution in [1.82, 2.24) is 9.88 Å². The number of benzene rings is 3. The number of hydrogen-bond donors (Lipinski definition) is 1. The van der Waals surface area contributed by atoms with Crippen molar-refractivity contribution >= 4 is 22.0 Å². The second kappa shape index (κ2) is 10.7. The standard InChI is InChI=1S/C32H31FN4O4S/c1-5-31(2,3)22-10-15-26(16-11-22)42(39,40)41-25-13-8-23(9-14-25)32(29(38)37(4)30(34)36-32)24-12-17-28(33)27(19-24)21-7-6-18-35-20-21/h6-20H,5H2,1-4H3,(H2,34,36). The Morgan fingerprint density at radius 1 is 1.00 bits per heavy atom. The molecule has 1 amide bonds. The Hall–Kier alpha value is -4.57. The van der Waals surface area contributed by atoms with Crippen LogP contribution in [-0.4, -0.2) is 37.2 Å². The van der Waals surface area contributed by atoms with Crippen LogP contribution >= 0.6 is 0 Å². The maximum atomic E-state index is 14.9. The second-order valence-electron chi connectivity index (χ2n) is 10.8. The van der Waals surface area contributed by atoms with Crippen molar-refractivity contribution in [2.45, 2.75) is 43.0 Å². The molecule has 0 saturated carbocycles. The van der Waals surface area contributed by atoms with Crippen LogP contribution < -0.4 is 9.92 Å². The maximum absolute atomic E-state index is 14.9. The molecule has 1 unspecified atom stereocenters. The third-order valence-corrected chi connectivity index (χ3v) is 9.14. The molecule has 4 aromatic rings. The summed E-state index contributed by atoms with van der Waals surface area (Å²) in [7, 11) is -2.62. The molecular weight excluding hydrogens is 555 g/mol. The van der Waals surface area contributed by atoms with E-state index in [0.717, 1.165) is 12.0 Å². The first-order valence-electron chi connectivity index (χ1n) is 13.4. The van der Waals surface area contributed by atoms with Gasteiger partial charge < -0.3 is 9.92 Å². The maximum Gasteiger partial charge on any atom is 0.339 e. The van der Waals surface area contributed by atoms with Crippen LogP contribution in [0.3, 0.4) is 0 Å². The van der Waals surface area contributed by atoms with Crippen molar-refractivity contribution in [3.05, 3.63) is 114 Å². The third-order valence-electron chi connectivity index (χ3n) is 7.88. The molecule has 0 saturated heterocycles. The molecular formula is C32H31FN4O4S. The van der Waals surface area contributed by atoms with Gasteiger partial charge in [-0.05, 0) is 71.0 Å². The van der Waals surface area contributed by atoms with Crippen molar-refractivity contribution in [3.63, 3.8) is 0 Å². The first-order valence-corrected chi connectivity index (χ1v) is 14.8. The zero-order valence-electron chi connectivity index (χ0n) is 23.7. The molecule has 0 bridgehead atoms. The minimum atomic E-state index is -4.12. The summed E-state index contributed by atoms with van der Waals surface area (Å²) in [4.78, 5) is 23.6. The highest BCUT2D eigenvalue weighted by atomic mass is 32.2. The number of carbonyl (C=O) groups is 1. The Balaban J connectivity index is 1.51. The topological polar surface area (TPSA) is 115 Å². The van der Waals surface area contributed by atoms with Crippen molar-refractivity contribution in [1.29, 1.82) is 0 Å². The number of nitrogens with zero attached hydrogens (tertiary/aromatic N) is 3. The van der Waals surface area contributed by atoms with E-state index >= 15 is 0 Å². The van der Waals surface area contributed by atoms with Gasteiger partial charge >= 0.3 is 10.1 Å². The van der Waals surface area contributed by atoms with E-state index in [1.807, 2.05) is 0 Å². The zero-order chi connectivity index (χ0) is 30.3. The van der Waals surface area contributed by atoms with Crippen molar-refractivity contribution in [3.8, 4) is 16.9 Å². The number of likely N-dealkylation sites (N-methyl/N-ethyl adjacent to an activating group) is 1. The Morgan fingerprint density at radius 3 is 2.24 bits per heavy atom. The third kappa shape index (κ3) is 5.02. The fourth-order valence-electron chi connectivity index (χ4n) is 4.88. The summed E-state index contributed by atoms with van der Waals surface area (Å²) >= 11 is 0. The van der Waals surface area contributed by atoms with Crippen LogP contribution in [0.5, 0.6) is 5.75 Å². The van der Waals surface area contributed by atoms with Gasteiger partial charge in [-0.15, -0.1) is 0 Å². The monoisotopic (exact) mass is 586 g/mol. The molecule has 216 valence electrons. The van der Waals surface area contributed by atoms with E-state index in [0.29, 0.717) is 16.7 Å². The molecule has 2 heterocycles. The lowest BCUT2D eigenvalue weighted by atomic mass is 9.81. The number of hydrogen-bond acceptors (Lipinski definition) is 7. The summed E-state index contributed by atoms with van der Waals surface area (Å²) in [5.74, 6) is -0.888. The van der Waals surface area contributed by atoms with Gasteiger partial charge in [-0.25, -0.2) is 9.38 Å². The molecule has 0 fully saturated rings. The minimum absolute atomic E-state index is 0.00939. The Labute approximate surface area is 244 Å². The number of pyridine rings is 1. The quantitative estimate of drug-likeness (QED) is 0.278. The summed E-state index contributed by atoms with van der Waals surface area (Å²) < 4.78 is 46.4. The number of halogens is 1. The molecule has 1 aliphatic rings. The van der Waals surface area contributed by atoms with E-state index < -0.39 is 27.4 Å². The Morgan fingerprint density at radius 2 is 1.67 bits per heavy atom. The SMILES string of the molecule is CCC(C)(C)c1ccc(S(=O)(=O)Oc2ccc(C3(c4ccc(F)c(-c5cccnc5)c4)N=C(N)N(C)C3=O)cc2)cc1. The van der Waals surface area contributed by atoms with Crippen molar-refractivity contribution in [2.75, 3.05) is 7.05 Å². The summed E-state index contributed by atoms with van der Waals surface area (Å²) in [6.45, 7) is 6.27. The Bertz CT molecular complexity index is 1770. The number of amides is 1. The van der Waals surface area contributed by atoms with Gasteiger partial charge in [0.2, 0.25) is 0 Å². The summed E-state index contributed by atoms with van der Waals surface area (Å²) in [5.41, 5.74) is 6.97. The molecule has 5 rings (SSSR count). The molecule has 42 heavy (non-hydrogen) atoms. The van der Waals surface area contributed by atoms with Crippen molar-refractivity contribution in [2.24, 2.45) is 10.7 Å². The largest absolute Gasteiger partial charge is 0.379 e. The molecule has 8 nitrogen and oxygen atoms in total. The molecule has 1 atom stereocenters. The lowest BCUT2D eigenvalue weighted by molar-refractivity contribution is -0.129. The highest BCUT2D eigenvalue weighted by Gasteiger charge is 2.49. The van der Waals surface area contributed by atoms with Crippen LogP contribution in [0.2, 0.25) is 0 Å². The normalized spacial score (nSPS) is 17.3. The van der Waals surface area contributed by atoms with E-state index in [-0.39, 0.29) is 27.6 Å². The Kier molecular flexibility index (Phi) is 7.36. The van der Waals surface area contributed by atoms with Gasteiger partial charge in [0.25, 0.3) is 5.91 Å². The van der Waals surface area contributed by atoms with Crippen LogP contribution in [0.25, 0.3) is 11.1 Å². The average molecular weight is 587 g/mol. The molecule has 10 heteroatoms. The van der Waals surface area contributed by atoms with Gasteiger partial charge in [0.05, 0.1) is 0 Å². The summed E-state index contributed by atoms with van der Waals surface area (Å²) in [6, 6.07) is 20.4. The van der Waals surface area contributed by atoms with Gasteiger partial charge in [-0.3, -0.25) is 14.7 Å². The molecule has 2 N–H and O–H groups in total. The lowest BCUT2D eigenvalue weighted by Crippen LogP contribution is -2.41. The second-order valence-corrected chi connectivity index (χ2v) is 12.4. The molecule has 1 aromatic heterocycles. The average Bonchev–Trinajstić information content (AvgIpc) is 3.22. The zero-order valence-corrected chi connectivity index (χ0v) is 24.5. The summed E-state index contributed by atoms with van der Waals surface area (Å²) in [5, 5.41) is 0. The van der Waals surface area contributed by atoms with E-state index in [4.69, 9.17) is 9.92 Å². The molecule has 0 spiro atoms. The number of carbonyl (C=O) groups excluding carboxylic acids is 1. The highest BCUT2D eigenvalue weighted by molar-refractivity contribution is 7.87. The van der Waals surface area contributed by atoms with Gasteiger partial charge in [0.15, 0.2) is 11.5 Å². The summed E-state index contributed by atoms with van der Waals surface area (Å²) in [6.07, 6.45) is 4.01. The van der Waals surface area contributed by atoms with Crippen LogP contribution in [-0.2, 0) is 25.9 Å². The van der Waals surface area contributed by atoms with E-state index in [1.54, 1.807) is 48.7 Å². The number of aromatic nitrogens is 1. The molecule has 3 aromatic carbocycles. The van der Waals surface area contributed by atoms with Crippen LogP contribution in [0.1, 0.15) is 43.9 Å². The highest BCUT2D eigenvalue weighted by Crippen LogP contribution is 2.41. The molecule has 0 radical (unpaired) electrons. The van der Waals surface area contributed by atoms with E-state index in [1.165, 1.54) is 54.5 Å². The van der Waals surface area contributed by atoms with E-state index in [2.05, 4.69) is 30.7 Å². The molecule has 0 aliphatic carbocycles. The van der Waals surface area contributed by atoms with Crippen molar-refractivity contribution < 1.29 is 21.8 Å². The molecule has 1 aliphatic heterocycles. The number of guanidine groups is 1. The first-order chi connectivity index (χ1) is 19.9. The predicted molar refractivity (Wildman–Crippen MR) is 159 cm³/mol. The number of rotatable bonds is 8. The van der Waals surface area contributed by atoms with Gasteiger partial charge in [-0.2, -0.15) is 8.42 Å². The van der Waals surface area contributed by atoms with Crippen LogP contribution in [0, 0.1) is 5.82 Å². The smallest absolute Gasteiger partial charge is 0.339 e. The predicted octanol–water partition coefficient (Wildman–Crippen LogP) is 5.37. The van der Waals surface area contributed by atoms with Crippen LogP contribution in [0.4, 0.5) is 4.39 Å². The van der Waals surface area contributed by atoms with Gasteiger partial charge in [-0.1, -0.05) is 57.2 Å². The minimum Gasteiger partial charge on any atom is -0.379 e. The number of aliphatic imine (C=N–C) groups is 1.